The third-order valence-corrected chi connectivity index (χ3v) is 12.5. The van der Waals surface area contributed by atoms with Crippen LogP contribution in [-0.4, -0.2) is 43.0 Å². The molecule has 0 aromatic heterocycles. The molecule has 37 heavy (non-hydrogen) atoms. The van der Waals surface area contributed by atoms with Crippen molar-refractivity contribution in [3.8, 4) is 0 Å². The van der Waals surface area contributed by atoms with E-state index in [1.54, 1.807) is 0 Å². The molecule has 4 saturated carbocycles. The number of carbonyl (C=O) groups excluding carboxylic acids is 2. The van der Waals surface area contributed by atoms with Crippen LogP contribution >= 0.6 is 25.3 Å². The summed E-state index contributed by atoms with van der Waals surface area (Å²) in [5.74, 6) is -0.423. The highest BCUT2D eigenvalue weighted by Gasteiger charge is 2.74. The lowest BCUT2D eigenvalue weighted by Crippen LogP contribution is -2.72. The normalized spacial score (nSPS) is 43.6. The van der Waals surface area contributed by atoms with Crippen LogP contribution in [0.4, 0.5) is 0 Å². The fourth-order valence-electron chi connectivity index (χ4n) is 8.89. The van der Waals surface area contributed by atoms with Crippen molar-refractivity contribution in [1.82, 2.24) is 0 Å². The summed E-state index contributed by atoms with van der Waals surface area (Å²) in [6.07, 6.45) is 6.28. The Morgan fingerprint density at radius 1 is 1.14 bits per heavy atom. The highest BCUT2D eigenvalue weighted by Crippen LogP contribution is 2.72. The molecule has 4 fully saturated rings. The first-order valence-corrected chi connectivity index (χ1v) is 15.0. The van der Waals surface area contributed by atoms with Crippen LogP contribution in [0, 0.1) is 34.5 Å². The summed E-state index contributed by atoms with van der Waals surface area (Å²) in [5, 5.41) is 23.1. The molecular weight excluding hydrogens is 500 g/mol. The first-order valence-electron chi connectivity index (χ1n) is 14.1. The number of allylic oxidation sites excluding steroid dienone is 2. The van der Waals surface area contributed by atoms with Gasteiger partial charge in [0, 0.05) is 39.6 Å². The maximum absolute atomic E-state index is 13.9. The van der Waals surface area contributed by atoms with Crippen molar-refractivity contribution in [2.45, 2.75) is 135 Å². The van der Waals surface area contributed by atoms with Gasteiger partial charge in [-0.1, -0.05) is 53.7 Å². The van der Waals surface area contributed by atoms with Crippen molar-refractivity contribution in [2.75, 3.05) is 0 Å². The first-order chi connectivity index (χ1) is 16.5. The minimum atomic E-state index is -0.936. The summed E-state index contributed by atoms with van der Waals surface area (Å²) in [7, 11) is 0. The number of thiol groups is 2. The summed E-state index contributed by atoms with van der Waals surface area (Å²) in [6, 6.07) is 0. The highest BCUT2D eigenvalue weighted by atomic mass is 32.1. The van der Waals surface area contributed by atoms with E-state index in [9.17, 15) is 19.8 Å². The standard InChI is InChI=1S/C28H44O4S2.C2H6.CH4/c1-16(2)8-7-11-26(6,32)17-9-12-25(5)22(17)18(29)14-20-27(33)13-10-21(31)24(3,4)23(27)19(30)15-28(20,25)34;1-2;/h8,17,19-20,22-23,30,32-34H,7,9-15H2,1-6H3;1-2H3;1H4/t17?,19-,20+,22?,23?,25+,26?,27?,28?;;/m0../s1. The molecule has 0 saturated heterocycles. The molecule has 4 aliphatic carbocycles. The largest absolute Gasteiger partial charge is 0.393 e. The Balaban J connectivity index is 0.00000157. The molecular formula is C31H54O4S2. The smallest absolute Gasteiger partial charge is 0.138 e. The topological polar surface area (TPSA) is 74.6 Å². The number of fused-ring (bicyclic) bond motifs is 5. The Bertz CT molecular complexity index is 907. The number of aliphatic hydroxyl groups is 2. The van der Waals surface area contributed by atoms with Gasteiger partial charge in [0.05, 0.1) is 11.7 Å². The van der Waals surface area contributed by atoms with Crippen molar-refractivity contribution < 1.29 is 19.8 Å². The van der Waals surface area contributed by atoms with Crippen molar-refractivity contribution >= 4 is 36.8 Å². The number of ketones is 2. The summed E-state index contributed by atoms with van der Waals surface area (Å²) in [6.45, 7) is 16.1. The lowest BCUT2D eigenvalue weighted by molar-refractivity contribution is -0.163. The Morgan fingerprint density at radius 2 is 1.73 bits per heavy atom. The van der Waals surface area contributed by atoms with E-state index in [-0.39, 0.29) is 42.7 Å². The zero-order valence-corrected chi connectivity index (χ0v) is 25.5. The summed E-state index contributed by atoms with van der Waals surface area (Å²) in [4.78, 5) is 26.7. The Labute approximate surface area is 237 Å². The summed E-state index contributed by atoms with van der Waals surface area (Å²) in [5.41, 5.74) is -0.817. The minimum Gasteiger partial charge on any atom is -0.393 e. The van der Waals surface area contributed by atoms with E-state index >= 15 is 0 Å². The molecule has 0 radical (unpaired) electrons. The van der Waals surface area contributed by atoms with Crippen LogP contribution < -0.4 is 0 Å². The van der Waals surface area contributed by atoms with Gasteiger partial charge in [-0.15, -0.1) is 0 Å². The SMILES string of the molecule is C.CC.CC(C)=CCCC(C)(O)C1CC[C@]2(C)C1C(=O)C[C@@H]1C3(S)CCC(=O)C(C)(C)C3[C@@H](O)CC12S. The Hall–Kier alpha value is -0.300. The molecule has 0 heterocycles. The second-order valence-electron chi connectivity index (χ2n) is 13.3. The highest BCUT2D eigenvalue weighted by molar-refractivity contribution is 7.83. The van der Waals surface area contributed by atoms with Gasteiger partial charge in [0.15, 0.2) is 0 Å². The predicted molar refractivity (Wildman–Crippen MR) is 160 cm³/mol. The number of carbonyl (C=O) groups is 2. The van der Waals surface area contributed by atoms with E-state index in [0.29, 0.717) is 32.1 Å². The van der Waals surface area contributed by atoms with Crippen LogP contribution in [0.1, 0.15) is 114 Å². The van der Waals surface area contributed by atoms with E-state index in [1.165, 1.54) is 5.57 Å². The second kappa shape index (κ2) is 10.9. The predicted octanol–water partition coefficient (Wildman–Crippen LogP) is 6.87. The fraction of sp³-hybridized carbons (Fsp3) is 0.871. The minimum absolute atomic E-state index is 0. The summed E-state index contributed by atoms with van der Waals surface area (Å²) < 4.78 is -1.20. The Kier molecular flexibility index (Phi) is 9.73. The van der Waals surface area contributed by atoms with Gasteiger partial charge in [0.1, 0.15) is 11.6 Å². The number of rotatable bonds is 4. The molecule has 6 unspecified atom stereocenters. The van der Waals surface area contributed by atoms with Crippen LogP contribution in [0.3, 0.4) is 0 Å². The van der Waals surface area contributed by atoms with E-state index in [2.05, 4.69) is 26.8 Å². The first kappa shape index (κ1) is 32.9. The average Bonchev–Trinajstić information content (AvgIpc) is 3.15. The maximum atomic E-state index is 13.9. The van der Waals surface area contributed by atoms with Gasteiger partial charge in [0.2, 0.25) is 0 Å². The van der Waals surface area contributed by atoms with Crippen molar-refractivity contribution in [3.63, 3.8) is 0 Å². The molecule has 0 spiro atoms. The molecule has 9 atom stereocenters. The van der Waals surface area contributed by atoms with Crippen molar-refractivity contribution in [3.05, 3.63) is 11.6 Å². The molecule has 4 aliphatic rings. The molecule has 6 heteroatoms. The fourth-order valence-corrected chi connectivity index (χ4v) is 10.7. The van der Waals surface area contributed by atoms with Crippen LogP contribution in [0.2, 0.25) is 0 Å². The van der Waals surface area contributed by atoms with Gasteiger partial charge in [-0.25, -0.2) is 0 Å². The number of Topliss-reactive ketones (excluding diaryl/α,β-unsaturated/α-hetero) is 2. The van der Waals surface area contributed by atoms with Crippen LogP contribution in [-0.2, 0) is 9.59 Å². The van der Waals surface area contributed by atoms with Crippen LogP contribution in [0.15, 0.2) is 11.6 Å². The number of hydrogen-bond acceptors (Lipinski definition) is 6. The van der Waals surface area contributed by atoms with Gasteiger partial charge < -0.3 is 10.2 Å². The van der Waals surface area contributed by atoms with E-state index in [4.69, 9.17) is 25.3 Å². The summed E-state index contributed by atoms with van der Waals surface area (Å²) >= 11 is 10.6. The van der Waals surface area contributed by atoms with Gasteiger partial charge in [-0.3, -0.25) is 9.59 Å². The van der Waals surface area contributed by atoms with E-state index in [1.807, 2.05) is 34.6 Å². The lowest BCUT2D eigenvalue weighted by Gasteiger charge is -2.68. The lowest BCUT2D eigenvalue weighted by atomic mass is 9.43. The molecule has 4 nitrogen and oxygen atoms in total. The quantitative estimate of drug-likeness (QED) is 0.226. The van der Waals surface area contributed by atoms with Gasteiger partial charge >= 0.3 is 0 Å². The zero-order chi connectivity index (χ0) is 27.5. The van der Waals surface area contributed by atoms with Crippen molar-refractivity contribution in [1.29, 1.82) is 0 Å². The molecule has 2 N–H and O–H groups in total. The van der Waals surface area contributed by atoms with Crippen LogP contribution in [0.5, 0.6) is 0 Å². The molecule has 214 valence electrons. The van der Waals surface area contributed by atoms with Crippen LogP contribution in [0.25, 0.3) is 0 Å². The third kappa shape index (κ3) is 4.93. The molecule has 4 rings (SSSR count). The van der Waals surface area contributed by atoms with Gasteiger partial charge in [-0.2, -0.15) is 25.3 Å². The second-order valence-corrected chi connectivity index (χ2v) is 14.9. The molecule has 0 amide bonds. The number of hydrogen-bond donors (Lipinski definition) is 4. The molecule has 0 aliphatic heterocycles. The monoisotopic (exact) mass is 554 g/mol. The molecule has 0 aromatic rings. The number of aliphatic hydroxyl groups excluding tert-OH is 1. The molecule has 0 aromatic carbocycles. The zero-order valence-electron chi connectivity index (χ0n) is 23.7. The van der Waals surface area contributed by atoms with Gasteiger partial charge in [0.25, 0.3) is 0 Å². The third-order valence-electron chi connectivity index (χ3n) is 10.7. The van der Waals surface area contributed by atoms with Crippen molar-refractivity contribution in [2.24, 2.45) is 34.5 Å². The van der Waals surface area contributed by atoms with E-state index in [0.717, 1.165) is 19.3 Å². The average molecular weight is 555 g/mol. The van der Waals surface area contributed by atoms with Gasteiger partial charge in [-0.05, 0) is 76.5 Å². The Morgan fingerprint density at radius 3 is 2.30 bits per heavy atom. The molecule has 0 bridgehead atoms. The van der Waals surface area contributed by atoms with E-state index < -0.39 is 32.0 Å². The maximum Gasteiger partial charge on any atom is 0.138 e.